The van der Waals surface area contributed by atoms with E-state index in [1.807, 2.05) is 0 Å². The van der Waals surface area contributed by atoms with Crippen LogP contribution in [0.1, 0.15) is 38.2 Å². The van der Waals surface area contributed by atoms with Crippen molar-refractivity contribution in [2.75, 3.05) is 5.32 Å². The number of nitro groups is 1. The number of nitrogens with one attached hydrogen (secondary N) is 1. The molecule has 0 radical (unpaired) electrons. The summed E-state index contributed by atoms with van der Waals surface area (Å²) in [6, 6.07) is 14.8. The van der Waals surface area contributed by atoms with Crippen LogP contribution in [0.2, 0.25) is 0 Å². The molecule has 116 valence electrons. The van der Waals surface area contributed by atoms with Gasteiger partial charge in [0.05, 0.1) is 4.92 Å². The average Bonchev–Trinajstić information content (AvgIpc) is 2.54. The molecule has 0 aliphatic heterocycles. The van der Waals surface area contributed by atoms with Crippen LogP contribution in [-0.2, 0) is 6.42 Å². The summed E-state index contributed by atoms with van der Waals surface area (Å²) in [5.41, 5.74) is 3.30. The number of nitro benzene ring substituents is 1. The monoisotopic (exact) mass is 298 g/mol. The summed E-state index contributed by atoms with van der Waals surface area (Å²) in [5.74, 6) is 0. The van der Waals surface area contributed by atoms with E-state index in [1.165, 1.54) is 43.4 Å². The third-order valence-electron chi connectivity index (χ3n) is 3.64. The molecule has 0 aromatic heterocycles. The van der Waals surface area contributed by atoms with Gasteiger partial charge in [0, 0.05) is 23.5 Å². The predicted molar refractivity (Wildman–Crippen MR) is 90.7 cm³/mol. The summed E-state index contributed by atoms with van der Waals surface area (Å²) in [7, 11) is 0. The van der Waals surface area contributed by atoms with E-state index >= 15 is 0 Å². The molecule has 4 heteroatoms. The van der Waals surface area contributed by atoms with Gasteiger partial charge in [-0.1, -0.05) is 38.3 Å². The van der Waals surface area contributed by atoms with Crippen molar-refractivity contribution in [1.82, 2.24) is 0 Å². The number of benzene rings is 2. The van der Waals surface area contributed by atoms with E-state index in [0.29, 0.717) is 0 Å². The molecule has 2 rings (SSSR count). The number of non-ortho nitro benzene ring substituents is 1. The lowest BCUT2D eigenvalue weighted by atomic mass is 10.1. The Bertz CT molecular complexity index is 591. The third kappa shape index (κ3) is 4.88. The summed E-state index contributed by atoms with van der Waals surface area (Å²) in [6.07, 6.45) is 6.22. The van der Waals surface area contributed by atoms with Crippen LogP contribution in [0.5, 0.6) is 0 Å². The predicted octanol–water partition coefficient (Wildman–Crippen LogP) is 5.46. The number of nitrogens with zero attached hydrogens (tertiary/aromatic N) is 1. The molecule has 2 aromatic rings. The summed E-state index contributed by atoms with van der Waals surface area (Å²) in [4.78, 5) is 10.2. The van der Waals surface area contributed by atoms with Crippen molar-refractivity contribution in [3.63, 3.8) is 0 Å². The number of hydrogen-bond donors (Lipinski definition) is 1. The topological polar surface area (TPSA) is 55.2 Å². The van der Waals surface area contributed by atoms with E-state index in [-0.39, 0.29) is 5.69 Å². The molecule has 0 bridgehead atoms. The van der Waals surface area contributed by atoms with Crippen LogP contribution in [0.4, 0.5) is 17.1 Å². The zero-order chi connectivity index (χ0) is 15.8. The highest BCUT2D eigenvalue weighted by atomic mass is 16.6. The maximum atomic E-state index is 10.6. The lowest BCUT2D eigenvalue weighted by Crippen LogP contribution is -1.92. The standard InChI is InChI=1S/C18H22N2O2/c1-2-3-4-5-6-15-7-9-16(10-8-15)19-17-11-13-18(14-12-17)20(21)22/h7-14,19H,2-6H2,1H3. The molecule has 0 aliphatic carbocycles. The molecule has 0 atom stereocenters. The Morgan fingerprint density at radius 2 is 1.50 bits per heavy atom. The van der Waals surface area contributed by atoms with Crippen molar-refractivity contribution in [3.8, 4) is 0 Å². The zero-order valence-corrected chi connectivity index (χ0v) is 12.9. The average molecular weight is 298 g/mol. The Morgan fingerprint density at radius 3 is 2.05 bits per heavy atom. The third-order valence-corrected chi connectivity index (χ3v) is 3.64. The second-order valence-corrected chi connectivity index (χ2v) is 5.44. The number of hydrogen-bond acceptors (Lipinski definition) is 3. The number of rotatable bonds is 8. The number of unbranched alkanes of at least 4 members (excludes halogenated alkanes) is 3. The fraction of sp³-hybridized carbons (Fsp3) is 0.333. The van der Waals surface area contributed by atoms with Gasteiger partial charge in [-0.3, -0.25) is 10.1 Å². The first-order valence-electron chi connectivity index (χ1n) is 7.79. The minimum atomic E-state index is -0.392. The van der Waals surface area contributed by atoms with Crippen molar-refractivity contribution in [2.45, 2.75) is 39.0 Å². The van der Waals surface area contributed by atoms with Gasteiger partial charge in [0.2, 0.25) is 0 Å². The molecule has 4 nitrogen and oxygen atoms in total. The Balaban J connectivity index is 1.89. The van der Waals surface area contributed by atoms with Crippen molar-refractivity contribution in [3.05, 3.63) is 64.2 Å². The van der Waals surface area contributed by atoms with E-state index in [1.54, 1.807) is 12.1 Å². The lowest BCUT2D eigenvalue weighted by Gasteiger charge is -2.07. The van der Waals surface area contributed by atoms with Gasteiger partial charge >= 0.3 is 0 Å². The van der Waals surface area contributed by atoms with Gasteiger partial charge in [0.1, 0.15) is 0 Å². The molecule has 22 heavy (non-hydrogen) atoms. The van der Waals surface area contributed by atoms with Crippen molar-refractivity contribution >= 4 is 17.1 Å². The molecule has 2 aromatic carbocycles. The highest BCUT2D eigenvalue weighted by Crippen LogP contribution is 2.20. The Hall–Kier alpha value is -2.36. The van der Waals surface area contributed by atoms with Crippen LogP contribution in [0.3, 0.4) is 0 Å². The second kappa shape index (κ2) is 8.17. The highest BCUT2D eigenvalue weighted by molar-refractivity contribution is 5.61. The Kier molecular flexibility index (Phi) is 5.95. The van der Waals surface area contributed by atoms with Gasteiger partial charge in [-0.25, -0.2) is 0 Å². The van der Waals surface area contributed by atoms with Gasteiger partial charge in [0.15, 0.2) is 0 Å². The molecule has 0 amide bonds. The van der Waals surface area contributed by atoms with Crippen LogP contribution in [0, 0.1) is 10.1 Å². The van der Waals surface area contributed by atoms with Crippen LogP contribution in [0.25, 0.3) is 0 Å². The van der Waals surface area contributed by atoms with Crippen molar-refractivity contribution < 1.29 is 4.92 Å². The van der Waals surface area contributed by atoms with E-state index in [9.17, 15) is 10.1 Å². The van der Waals surface area contributed by atoms with Crippen molar-refractivity contribution in [2.24, 2.45) is 0 Å². The largest absolute Gasteiger partial charge is 0.356 e. The van der Waals surface area contributed by atoms with Crippen LogP contribution in [-0.4, -0.2) is 4.92 Å². The van der Waals surface area contributed by atoms with Gasteiger partial charge in [-0.05, 0) is 42.7 Å². The molecule has 0 saturated carbocycles. The molecule has 0 aliphatic rings. The first kappa shape index (κ1) is 16.0. The molecular formula is C18H22N2O2. The summed E-state index contributed by atoms with van der Waals surface area (Å²) >= 11 is 0. The Morgan fingerprint density at radius 1 is 0.909 bits per heavy atom. The molecule has 0 heterocycles. The molecule has 0 unspecified atom stereocenters. The smallest absolute Gasteiger partial charge is 0.269 e. The maximum Gasteiger partial charge on any atom is 0.269 e. The first-order chi connectivity index (χ1) is 10.7. The molecule has 0 fully saturated rings. The van der Waals surface area contributed by atoms with E-state index in [0.717, 1.165) is 17.8 Å². The molecule has 0 spiro atoms. The zero-order valence-electron chi connectivity index (χ0n) is 12.9. The van der Waals surface area contributed by atoms with Gasteiger partial charge in [0.25, 0.3) is 5.69 Å². The van der Waals surface area contributed by atoms with Crippen LogP contribution >= 0.6 is 0 Å². The fourth-order valence-electron chi connectivity index (χ4n) is 2.34. The van der Waals surface area contributed by atoms with Crippen LogP contribution in [0.15, 0.2) is 48.5 Å². The summed E-state index contributed by atoms with van der Waals surface area (Å²) < 4.78 is 0. The van der Waals surface area contributed by atoms with E-state index in [4.69, 9.17) is 0 Å². The van der Waals surface area contributed by atoms with E-state index in [2.05, 4.69) is 36.5 Å². The number of aryl methyl sites for hydroxylation is 1. The fourth-order valence-corrected chi connectivity index (χ4v) is 2.34. The summed E-state index contributed by atoms with van der Waals surface area (Å²) in [5, 5.41) is 13.9. The quantitative estimate of drug-likeness (QED) is 0.400. The molecular weight excluding hydrogens is 276 g/mol. The minimum Gasteiger partial charge on any atom is -0.356 e. The van der Waals surface area contributed by atoms with Gasteiger partial charge in [-0.2, -0.15) is 0 Å². The van der Waals surface area contributed by atoms with Gasteiger partial charge in [-0.15, -0.1) is 0 Å². The van der Waals surface area contributed by atoms with E-state index < -0.39 is 4.92 Å². The normalized spacial score (nSPS) is 10.4. The highest BCUT2D eigenvalue weighted by Gasteiger charge is 2.04. The molecule has 1 N–H and O–H groups in total. The summed E-state index contributed by atoms with van der Waals surface area (Å²) in [6.45, 7) is 2.22. The minimum absolute atomic E-state index is 0.105. The Labute approximate surface area is 131 Å². The van der Waals surface area contributed by atoms with Crippen molar-refractivity contribution in [1.29, 1.82) is 0 Å². The second-order valence-electron chi connectivity index (χ2n) is 5.44. The van der Waals surface area contributed by atoms with Gasteiger partial charge < -0.3 is 5.32 Å². The lowest BCUT2D eigenvalue weighted by molar-refractivity contribution is -0.384. The maximum absolute atomic E-state index is 10.6. The van der Waals surface area contributed by atoms with Crippen LogP contribution < -0.4 is 5.32 Å². The first-order valence-corrected chi connectivity index (χ1v) is 7.79. The molecule has 0 saturated heterocycles. The number of anilines is 2. The SMILES string of the molecule is CCCCCCc1ccc(Nc2ccc([N+](=O)[O-])cc2)cc1.